The van der Waals surface area contributed by atoms with Gasteiger partial charge in [-0.3, -0.25) is 14.1 Å². The molecule has 0 spiro atoms. The van der Waals surface area contributed by atoms with Crippen LogP contribution in [0, 0.1) is 12.4 Å². The Morgan fingerprint density at radius 2 is 1.95 bits per heavy atom. The number of nitrogens with one attached hydrogen (secondary N) is 2. The maximum atomic E-state index is 14.7. The molecule has 1 saturated heterocycles. The van der Waals surface area contributed by atoms with E-state index in [1.54, 1.807) is 36.4 Å². The molecule has 1 fully saturated rings. The van der Waals surface area contributed by atoms with Crippen LogP contribution in [0.25, 0.3) is 32.6 Å². The van der Waals surface area contributed by atoms with Crippen molar-refractivity contribution in [3.63, 3.8) is 0 Å². The van der Waals surface area contributed by atoms with Crippen molar-refractivity contribution in [3.8, 4) is 22.6 Å². The van der Waals surface area contributed by atoms with Crippen molar-refractivity contribution < 1.29 is 17.5 Å². The predicted molar refractivity (Wildman–Crippen MR) is 144 cm³/mol. The molecule has 38 heavy (non-hydrogen) atoms. The largest absolute Gasteiger partial charge is 0.494 e. The van der Waals surface area contributed by atoms with Crippen molar-refractivity contribution in [2.75, 3.05) is 24.6 Å². The lowest BCUT2D eigenvalue weighted by Gasteiger charge is -2.20. The number of benzene rings is 3. The third-order valence-electron chi connectivity index (χ3n) is 6.38. The molecule has 0 saturated carbocycles. The number of hydrogen-bond donors (Lipinski definition) is 2. The lowest BCUT2D eigenvalue weighted by Crippen LogP contribution is -2.29. The molecule has 0 aliphatic carbocycles. The number of ether oxygens (including phenoxy) is 1. The zero-order valence-electron chi connectivity index (χ0n) is 20.7. The summed E-state index contributed by atoms with van der Waals surface area (Å²) in [7, 11) is -2.08. The molecule has 2 N–H and O–H groups in total. The fourth-order valence-electron chi connectivity index (χ4n) is 4.69. The van der Waals surface area contributed by atoms with Crippen molar-refractivity contribution >= 4 is 32.3 Å². The van der Waals surface area contributed by atoms with E-state index in [0.717, 1.165) is 25.6 Å². The van der Waals surface area contributed by atoms with Gasteiger partial charge in [0.25, 0.3) is 5.56 Å². The van der Waals surface area contributed by atoms with E-state index >= 15 is 0 Å². The quantitative estimate of drug-likeness (QED) is 0.352. The summed E-state index contributed by atoms with van der Waals surface area (Å²) in [6.45, 7) is 8.35. The van der Waals surface area contributed by atoms with E-state index in [2.05, 4.69) is 14.9 Å². The molecule has 1 aliphatic rings. The summed E-state index contributed by atoms with van der Waals surface area (Å²) >= 11 is 0. The Morgan fingerprint density at radius 3 is 2.55 bits per heavy atom. The van der Waals surface area contributed by atoms with Crippen LogP contribution in [-0.2, 0) is 10.0 Å². The number of hydrogen-bond acceptors (Lipinski definition) is 6. The fourth-order valence-corrected chi connectivity index (χ4v) is 5.26. The molecule has 0 amide bonds. The van der Waals surface area contributed by atoms with Crippen molar-refractivity contribution in [2.24, 2.45) is 0 Å². The average Bonchev–Trinajstić information content (AvgIpc) is 3.43. The summed E-state index contributed by atoms with van der Waals surface area (Å²) in [5, 5.41) is 3.58. The highest BCUT2D eigenvalue weighted by molar-refractivity contribution is 7.92. The Labute approximate surface area is 218 Å². The van der Waals surface area contributed by atoms with Crippen LogP contribution >= 0.6 is 0 Å². The number of rotatable bonds is 6. The van der Waals surface area contributed by atoms with E-state index in [4.69, 9.17) is 16.3 Å². The minimum atomic E-state index is -3.45. The molecule has 1 unspecified atom stereocenters. The summed E-state index contributed by atoms with van der Waals surface area (Å²) in [5.74, 6) is -0.111. The molecule has 0 radical (unpaired) electrons. The summed E-state index contributed by atoms with van der Waals surface area (Å²) < 4.78 is 46.7. The van der Waals surface area contributed by atoms with Gasteiger partial charge in [0.05, 0.1) is 42.6 Å². The van der Waals surface area contributed by atoms with Gasteiger partial charge < -0.3 is 10.1 Å². The Morgan fingerprint density at radius 1 is 1.18 bits per heavy atom. The fraction of sp³-hybridized carbons (Fsp3) is 0.222. The molecule has 3 aromatic carbocycles. The minimum absolute atomic E-state index is 0.0578. The Balaban J connectivity index is 1.77. The van der Waals surface area contributed by atoms with Crippen molar-refractivity contribution in [1.29, 1.82) is 0 Å². The number of aromatic nitrogens is 2. The standard InChI is InChI=1S/C27H24FN5O4S/c1-29-18-13-20(16-6-8-17(9-7-16)32-38(3,35)36)25-21(14-18)27(34)33(26(31-25)23-5-4-12-30-23)19-10-11-24(37-2)22(28)15-19/h6-11,13-15,23,30,32H,4-5,12H2,2-3H3. The van der Waals surface area contributed by atoms with Gasteiger partial charge in [-0.1, -0.05) is 12.1 Å². The molecule has 2 heterocycles. The van der Waals surface area contributed by atoms with E-state index in [1.165, 1.54) is 29.9 Å². The summed E-state index contributed by atoms with van der Waals surface area (Å²) in [6, 6.07) is 13.8. The van der Waals surface area contributed by atoms with Crippen LogP contribution in [0.3, 0.4) is 0 Å². The third-order valence-corrected chi connectivity index (χ3v) is 6.98. The average molecular weight is 534 g/mol. The first kappa shape index (κ1) is 25.4. The van der Waals surface area contributed by atoms with Crippen LogP contribution in [0.5, 0.6) is 5.75 Å². The SMILES string of the molecule is [C-]#[N+]c1cc(-c2ccc(NS(C)(=O)=O)cc2)c2nc(C3CCCN3)n(-c3ccc(OC)c(F)c3)c(=O)c2c1. The Bertz CT molecular complexity index is 1760. The summed E-state index contributed by atoms with van der Waals surface area (Å²) in [4.78, 5) is 22.5. The van der Waals surface area contributed by atoms with Gasteiger partial charge in [-0.25, -0.2) is 22.6 Å². The topological polar surface area (TPSA) is 107 Å². The molecular formula is C27H24FN5O4S. The van der Waals surface area contributed by atoms with Crippen LogP contribution < -0.4 is 20.3 Å². The first-order valence-electron chi connectivity index (χ1n) is 11.8. The van der Waals surface area contributed by atoms with Gasteiger partial charge in [-0.2, -0.15) is 0 Å². The van der Waals surface area contributed by atoms with Gasteiger partial charge in [0.2, 0.25) is 10.0 Å². The molecule has 194 valence electrons. The lowest BCUT2D eigenvalue weighted by molar-refractivity contribution is 0.386. The van der Waals surface area contributed by atoms with Crippen LogP contribution in [0.2, 0.25) is 0 Å². The minimum Gasteiger partial charge on any atom is -0.494 e. The number of halogens is 1. The number of fused-ring (bicyclic) bond motifs is 1. The van der Waals surface area contributed by atoms with E-state index in [-0.39, 0.29) is 22.9 Å². The van der Waals surface area contributed by atoms with Gasteiger partial charge in [0, 0.05) is 11.8 Å². The zero-order valence-corrected chi connectivity index (χ0v) is 21.5. The van der Waals surface area contributed by atoms with Gasteiger partial charge in [-0.05, 0) is 66.9 Å². The molecule has 1 atom stereocenters. The normalized spacial score (nSPS) is 15.4. The number of nitrogens with zero attached hydrogens (tertiary/aromatic N) is 3. The molecule has 5 rings (SSSR count). The van der Waals surface area contributed by atoms with Crippen molar-refractivity contribution in [3.05, 3.63) is 88.0 Å². The first-order valence-corrected chi connectivity index (χ1v) is 13.7. The van der Waals surface area contributed by atoms with E-state index in [1.807, 2.05) is 0 Å². The highest BCUT2D eigenvalue weighted by Crippen LogP contribution is 2.34. The van der Waals surface area contributed by atoms with Gasteiger partial charge >= 0.3 is 0 Å². The number of sulfonamides is 1. The summed E-state index contributed by atoms with van der Waals surface area (Å²) in [6.07, 6.45) is 2.71. The van der Waals surface area contributed by atoms with E-state index in [9.17, 15) is 17.6 Å². The second-order valence-electron chi connectivity index (χ2n) is 9.03. The van der Waals surface area contributed by atoms with Crippen molar-refractivity contribution in [1.82, 2.24) is 14.9 Å². The lowest BCUT2D eigenvalue weighted by atomic mass is 10.0. The smallest absolute Gasteiger partial charge is 0.264 e. The van der Waals surface area contributed by atoms with Crippen LogP contribution in [0.15, 0.2) is 59.4 Å². The predicted octanol–water partition coefficient (Wildman–Crippen LogP) is 4.55. The maximum Gasteiger partial charge on any atom is 0.264 e. The van der Waals surface area contributed by atoms with Crippen molar-refractivity contribution in [2.45, 2.75) is 18.9 Å². The number of methoxy groups -OCH3 is 1. The third kappa shape index (κ3) is 4.83. The molecule has 1 aromatic heterocycles. The monoisotopic (exact) mass is 533 g/mol. The molecule has 4 aromatic rings. The Kier molecular flexibility index (Phi) is 6.60. The maximum absolute atomic E-state index is 14.7. The summed E-state index contributed by atoms with van der Waals surface area (Å²) in [5.41, 5.74) is 2.12. The zero-order chi connectivity index (χ0) is 27.0. The highest BCUT2D eigenvalue weighted by Gasteiger charge is 2.25. The van der Waals surface area contributed by atoms with Crippen LogP contribution in [-0.4, -0.2) is 37.9 Å². The van der Waals surface area contributed by atoms with E-state index < -0.39 is 21.4 Å². The number of anilines is 1. The molecule has 11 heteroatoms. The van der Waals surface area contributed by atoms with Crippen LogP contribution in [0.4, 0.5) is 15.8 Å². The van der Waals surface area contributed by atoms with Gasteiger partial charge in [0.15, 0.2) is 17.3 Å². The second-order valence-corrected chi connectivity index (χ2v) is 10.8. The van der Waals surface area contributed by atoms with Gasteiger partial charge in [0.1, 0.15) is 5.82 Å². The second kappa shape index (κ2) is 9.89. The first-order chi connectivity index (χ1) is 18.2. The highest BCUT2D eigenvalue weighted by atomic mass is 32.2. The molecular weight excluding hydrogens is 509 g/mol. The van der Waals surface area contributed by atoms with Crippen LogP contribution in [0.1, 0.15) is 24.7 Å². The van der Waals surface area contributed by atoms with Gasteiger partial charge in [-0.15, -0.1) is 0 Å². The Hall–Kier alpha value is -4.27. The molecule has 9 nitrogen and oxygen atoms in total. The molecule has 0 bridgehead atoms. The van der Waals surface area contributed by atoms with E-state index in [0.29, 0.717) is 33.8 Å². The molecule has 1 aliphatic heterocycles.